The Labute approximate surface area is 129 Å². The Kier molecular flexibility index (Phi) is 5.15. The Morgan fingerprint density at radius 3 is 2.86 bits per heavy atom. The standard InChI is InChI=1S/C14H19FN2O4S/c1-10(14(18)19)17-7-3-5-12(9-17)16-22(20,21)13-6-2-4-11(15)8-13/h2,4,6,8,10,12,16H,3,5,7,9H2,1H3,(H,18,19)/t10-,12-/m1/s1. The quantitative estimate of drug-likeness (QED) is 0.842. The molecule has 2 rings (SSSR count). The van der Waals surface area contributed by atoms with Gasteiger partial charge < -0.3 is 5.11 Å². The molecule has 6 nitrogen and oxygen atoms in total. The van der Waals surface area contributed by atoms with Crippen LogP contribution in [0.3, 0.4) is 0 Å². The number of sulfonamides is 1. The van der Waals surface area contributed by atoms with Crippen LogP contribution in [0.2, 0.25) is 0 Å². The summed E-state index contributed by atoms with van der Waals surface area (Å²) in [6, 6.07) is 3.75. The Morgan fingerprint density at radius 1 is 1.50 bits per heavy atom. The van der Waals surface area contributed by atoms with E-state index in [9.17, 15) is 17.6 Å². The maximum atomic E-state index is 13.2. The summed E-state index contributed by atoms with van der Waals surface area (Å²) in [5.74, 6) is -1.55. The van der Waals surface area contributed by atoms with Gasteiger partial charge >= 0.3 is 5.97 Å². The number of aliphatic carboxylic acids is 1. The van der Waals surface area contributed by atoms with E-state index >= 15 is 0 Å². The predicted octanol–water partition coefficient (Wildman–Crippen LogP) is 1.04. The number of hydrogen-bond acceptors (Lipinski definition) is 4. The number of carbonyl (C=O) groups is 1. The lowest BCUT2D eigenvalue weighted by Crippen LogP contribution is -2.52. The first-order valence-corrected chi connectivity index (χ1v) is 8.52. The number of halogens is 1. The number of hydrogen-bond donors (Lipinski definition) is 2. The molecule has 1 fully saturated rings. The fourth-order valence-corrected chi connectivity index (χ4v) is 3.82. The normalized spacial score (nSPS) is 21.5. The van der Waals surface area contributed by atoms with Gasteiger partial charge in [-0.3, -0.25) is 9.69 Å². The van der Waals surface area contributed by atoms with Crippen LogP contribution in [0.4, 0.5) is 4.39 Å². The lowest BCUT2D eigenvalue weighted by molar-refractivity contribution is -0.143. The number of nitrogens with zero attached hydrogens (tertiary/aromatic N) is 1. The molecule has 1 aliphatic rings. The molecule has 1 heterocycles. The minimum atomic E-state index is -3.82. The van der Waals surface area contributed by atoms with Gasteiger partial charge in [0.05, 0.1) is 4.90 Å². The van der Waals surface area contributed by atoms with Gasteiger partial charge in [0.15, 0.2) is 0 Å². The summed E-state index contributed by atoms with van der Waals surface area (Å²) in [6.07, 6.45) is 1.32. The van der Waals surface area contributed by atoms with Crippen LogP contribution in [-0.2, 0) is 14.8 Å². The van der Waals surface area contributed by atoms with Crippen molar-refractivity contribution in [2.24, 2.45) is 0 Å². The highest BCUT2D eigenvalue weighted by Gasteiger charge is 2.29. The van der Waals surface area contributed by atoms with Crippen molar-refractivity contribution in [3.8, 4) is 0 Å². The second kappa shape index (κ2) is 6.72. The van der Waals surface area contributed by atoms with Crippen molar-refractivity contribution in [3.05, 3.63) is 30.1 Å². The number of likely N-dealkylation sites (tertiary alicyclic amines) is 1. The summed E-state index contributed by atoms with van der Waals surface area (Å²) in [7, 11) is -3.82. The maximum Gasteiger partial charge on any atom is 0.320 e. The molecule has 0 radical (unpaired) electrons. The van der Waals surface area contributed by atoms with Crippen molar-refractivity contribution in [2.75, 3.05) is 13.1 Å². The zero-order chi connectivity index (χ0) is 16.3. The van der Waals surface area contributed by atoms with E-state index in [4.69, 9.17) is 5.11 Å². The minimum absolute atomic E-state index is 0.129. The zero-order valence-electron chi connectivity index (χ0n) is 12.2. The number of nitrogens with one attached hydrogen (secondary N) is 1. The van der Waals surface area contributed by atoms with Crippen molar-refractivity contribution < 1.29 is 22.7 Å². The highest BCUT2D eigenvalue weighted by molar-refractivity contribution is 7.89. The third kappa shape index (κ3) is 4.02. The van der Waals surface area contributed by atoms with Crippen LogP contribution in [-0.4, -0.2) is 49.6 Å². The third-order valence-electron chi connectivity index (χ3n) is 3.79. The molecule has 0 spiro atoms. The predicted molar refractivity (Wildman–Crippen MR) is 78.4 cm³/mol. The highest BCUT2D eigenvalue weighted by Crippen LogP contribution is 2.17. The first-order valence-electron chi connectivity index (χ1n) is 7.04. The molecule has 2 atom stereocenters. The largest absolute Gasteiger partial charge is 0.480 e. The van der Waals surface area contributed by atoms with E-state index < -0.39 is 27.9 Å². The van der Waals surface area contributed by atoms with Crippen molar-refractivity contribution in [1.29, 1.82) is 0 Å². The van der Waals surface area contributed by atoms with Gasteiger partial charge in [0.2, 0.25) is 10.0 Å². The average molecular weight is 330 g/mol. The van der Waals surface area contributed by atoms with Gasteiger partial charge in [-0.1, -0.05) is 6.07 Å². The summed E-state index contributed by atoms with van der Waals surface area (Å²) < 4.78 is 40.2. The molecule has 1 saturated heterocycles. The summed E-state index contributed by atoms with van der Waals surface area (Å²) in [5, 5.41) is 9.04. The molecule has 0 aromatic heterocycles. The van der Waals surface area contributed by atoms with Crippen LogP contribution in [0.5, 0.6) is 0 Å². The molecular formula is C14H19FN2O4S. The molecule has 8 heteroatoms. The SMILES string of the molecule is C[C@H](C(=O)O)N1CCC[C@@H](NS(=O)(=O)c2cccc(F)c2)C1. The molecule has 2 N–H and O–H groups in total. The number of benzene rings is 1. The molecule has 0 aliphatic carbocycles. The lowest BCUT2D eigenvalue weighted by Gasteiger charge is -2.35. The monoisotopic (exact) mass is 330 g/mol. The van der Waals surface area contributed by atoms with Gasteiger partial charge in [-0.25, -0.2) is 17.5 Å². The Balaban J connectivity index is 2.08. The molecular weight excluding hydrogens is 311 g/mol. The topological polar surface area (TPSA) is 86.7 Å². The Bertz CT molecular complexity index is 650. The van der Waals surface area contributed by atoms with Gasteiger partial charge in [-0.05, 0) is 44.5 Å². The number of piperidine rings is 1. The number of carboxylic acids is 1. The van der Waals surface area contributed by atoms with E-state index in [1.165, 1.54) is 18.2 Å². The van der Waals surface area contributed by atoms with Crippen LogP contribution in [0, 0.1) is 5.82 Å². The van der Waals surface area contributed by atoms with Gasteiger partial charge in [-0.15, -0.1) is 0 Å². The highest BCUT2D eigenvalue weighted by atomic mass is 32.2. The second-order valence-electron chi connectivity index (χ2n) is 5.43. The molecule has 0 saturated carbocycles. The molecule has 1 aromatic carbocycles. The van der Waals surface area contributed by atoms with Crippen LogP contribution in [0.25, 0.3) is 0 Å². The summed E-state index contributed by atoms with van der Waals surface area (Å²) >= 11 is 0. The second-order valence-corrected chi connectivity index (χ2v) is 7.14. The molecule has 1 aliphatic heterocycles. The average Bonchev–Trinajstić information content (AvgIpc) is 2.46. The number of rotatable bonds is 5. The zero-order valence-corrected chi connectivity index (χ0v) is 13.0. The molecule has 0 amide bonds. The van der Waals surface area contributed by atoms with E-state index in [0.717, 1.165) is 6.07 Å². The fraction of sp³-hybridized carbons (Fsp3) is 0.500. The van der Waals surface area contributed by atoms with E-state index in [-0.39, 0.29) is 10.9 Å². The van der Waals surface area contributed by atoms with Gasteiger partial charge in [0, 0.05) is 12.6 Å². The molecule has 22 heavy (non-hydrogen) atoms. The fourth-order valence-electron chi connectivity index (χ4n) is 2.53. The van der Waals surface area contributed by atoms with E-state index in [0.29, 0.717) is 25.9 Å². The van der Waals surface area contributed by atoms with Crippen molar-refractivity contribution >= 4 is 16.0 Å². The van der Waals surface area contributed by atoms with Gasteiger partial charge in [0.1, 0.15) is 11.9 Å². The van der Waals surface area contributed by atoms with Gasteiger partial charge in [-0.2, -0.15) is 0 Å². The van der Waals surface area contributed by atoms with Gasteiger partial charge in [0.25, 0.3) is 0 Å². The van der Waals surface area contributed by atoms with Crippen LogP contribution in [0.1, 0.15) is 19.8 Å². The first-order chi connectivity index (χ1) is 10.3. The summed E-state index contributed by atoms with van der Waals surface area (Å²) in [4.78, 5) is 12.6. The van der Waals surface area contributed by atoms with Crippen molar-refractivity contribution in [1.82, 2.24) is 9.62 Å². The van der Waals surface area contributed by atoms with Crippen LogP contribution >= 0.6 is 0 Å². The first kappa shape index (κ1) is 16.9. The van der Waals surface area contributed by atoms with Crippen LogP contribution in [0.15, 0.2) is 29.2 Å². The molecule has 122 valence electrons. The van der Waals surface area contributed by atoms with Crippen molar-refractivity contribution in [2.45, 2.75) is 36.7 Å². The Hall–Kier alpha value is -1.51. The van der Waals surface area contributed by atoms with Crippen molar-refractivity contribution in [3.63, 3.8) is 0 Å². The van der Waals surface area contributed by atoms with E-state index in [1.54, 1.807) is 11.8 Å². The van der Waals surface area contributed by atoms with E-state index in [2.05, 4.69) is 4.72 Å². The summed E-state index contributed by atoms with van der Waals surface area (Å²) in [6.45, 7) is 2.51. The summed E-state index contributed by atoms with van der Waals surface area (Å²) in [5.41, 5.74) is 0. The van der Waals surface area contributed by atoms with Crippen LogP contribution < -0.4 is 4.72 Å². The molecule has 0 unspecified atom stereocenters. The Morgan fingerprint density at radius 2 is 2.23 bits per heavy atom. The lowest BCUT2D eigenvalue weighted by atomic mass is 10.1. The number of carboxylic acid groups (broad SMARTS) is 1. The molecule has 1 aromatic rings. The van der Waals surface area contributed by atoms with E-state index in [1.807, 2.05) is 0 Å². The third-order valence-corrected chi connectivity index (χ3v) is 5.30. The minimum Gasteiger partial charge on any atom is -0.480 e. The maximum absolute atomic E-state index is 13.2. The molecule has 0 bridgehead atoms. The smallest absolute Gasteiger partial charge is 0.320 e.